The number of oxime groups is 1. The molecular formula is C21H24N4O7S3. The van der Waals surface area contributed by atoms with Crippen molar-refractivity contribution in [3.8, 4) is 0 Å². The van der Waals surface area contributed by atoms with Gasteiger partial charge in [-0.15, -0.1) is 11.8 Å². The molecule has 2 aromatic rings. The Balaban J connectivity index is 1.46. The quantitative estimate of drug-likeness (QED) is 0.169. The lowest BCUT2D eigenvalue weighted by Gasteiger charge is -2.10. The average molecular weight is 541 g/mol. The van der Waals surface area contributed by atoms with Gasteiger partial charge in [0.2, 0.25) is 0 Å². The fraction of sp³-hybridized carbons (Fsp3) is 0.429. The Labute approximate surface area is 210 Å². The van der Waals surface area contributed by atoms with Crippen LogP contribution in [-0.2, 0) is 24.2 Å². The van der Waals surface area contributed by atoms with E-state index in [-0.39, 0.29) is 28.5 Å². The zero-order valence-corrected chi connectivity index (χ0v) is 21.0. The zero-order valence-electron chi connectivity index (χ0n) is 18.5. The maximum atomic E-state index is 13.1. The number of carboxylic acid groups (broad SMARTS) is 1. The largest absolute Gasteiger partial charge is 0.465 e. The summed E-state index contributed by atoms with van der Waals surface area (Å²) in [7, 11) is -3.35. The lowest BCUT2D eigenvalue weighted by molar-refractivity contribution is -0.110. The van der Waals surface area contributed by atoms with Gasteiger partial charge in [-0.1, -0.05) is 28.6 Å². The van der Waals surface area contributed by atoms with E-state index in [1.807, 2.05) is 0 Å². The van der Waals surface area contributed by atoms with Gasteiger partial charge in [0.05, 0.1) is 33.8 Å². The van der Waals surface area contributed by atoms with E-state index in [0.717, 1.165) is 4.21 Å². The smallest absolute Gasteiger partial charge is 0.404 e. The summed E-state index contributed by atoms with van der Waals surface area (Å²) >= 11 is 2.65. The molecule has 0 bridgehead atoms. The number of aromatic nitrogens is 1. The van der Waals surface area contributed by atoms with Crippen LogP contribution in [0.15, 0.2) is 44.7 Å². The van der Waals surface area contributed by atoms with Crippen molar-refractivity contribution in [3.63, 3.8) is 0 Å². The molecule has 1 aliphatic carbocycles. The molecule has 2 heterocycles. The van der Waals surface area contributed by atoms with Crippen LogP contribution in [0.2, 0.25) is 0 Å². The van der Waals surface area contributed by atoms with Crippen LogP contribution in [0.3, 0.4) is 0 Å². The number of nitrogens with zero attached hydrogens (tertiary/aromatic N) is 2. The van der Waals surface area contributed by atoms with Crippen molar-refractivity contribution < 1.29 is 32.7 Å². The van der Waals surface area contributed by atoms with Crippen molar-refractivity contribution in [2.24, 2.45) is 5.16 Å². The third-order valence-electron chi connectivity index (χ3n) is 5.14. The minimum absolute atomic E-state index is 0.0117. The number of carbonyl (C=O) groups is 2. The molecule has 2 aliphatic rings. The molecule has 1 aromatic heterocycles. The van der Waals surface area contributed by atoms with Gasteiger partial charge in [0, 0.05) is 24.3 Å². The first kappa shape index (κ1) is 25.4. The minimum atomic E-state index is -3.35. The van der Waals surface area contributed by atoms with Gasteiger partial charge in [0.25, 0.3) is 5.91 Å². The summed E-state index contributed by atoms with van der Waals surface area (Å²) in [6.07, 6.45) is 2.22. The van der Waals surface area contributed by atoms with Crippen LogP contribution in [0, 0.1) is 0 Å². The monoisotopic (exact) mass is 540 g/mol. The fourth-order valence-electron chi connectivity index (χ4n) is 3.17. The van der Waals surface area contributed by atoms with Crippen LogP contribution >= 0.6 is 23.1 Å². The molecule has 1 saturated heterocycles. The van der Waals surface area contributed by atoms with E-state index < -0.39 is 21.8 Å². The summed E-state index contributed by atoms with van der Waals surface area (Å²) in [4.78, 5) is 33.5. The molecule has 2 fully saturated rings. The van der Waals surface area contributed by atoms with E-state index in [2.05, 4.69) is 20.8 Å². The van der Waals surface area contributed by atoms with Crippen LogP contribution in [0.5, 0.6) is 0 Å². The van der Waals surface area contributed by atoms with Crippen LogP contribution in [0.4, 0.5) is 9.93 Å². The molecule has 0 spiro atoms. The first-order chi connectivity index (χ1) is 16.8. The Kier molecular flexibility index (Phi) is 8.26. The Bertz CT molecular complexity index is 1190. The van der Waals surface area contributed by atoms with Crippen LogP contribution in [-0.4, -0.2) is 73.1 Å². The Morgan fingerprint density at radius 2 is 2.03 bits per heavy atom. The second-order valence-corrected chi connectivity index (χ2v) is 12.5. The molecule has 1 aliphatic heterocycles. The van der Waals surface area contributed by atoms with Crippen LogP contribution in [0.1, 0.15) is 24.8 Å². The number of anilines is 1. The highest BCUT2D eigenvalue weighted by molar-refractivity contribution is 8.01. The topological polar surface area (TPSA) is 156 Å². The lowest BCUT2D eigenvalue weighted by atomic mass is 10.1. The molecule has 1 aromatic carbocycles. The molecule has 35 heavy (non-hydrogen) atoms. The van der Waals surface area contributed by atoms with Gasteiger partial charge < -0.3 is 20.0 Å². The molecule has 4 rings (SSSR count). The van der Waals surface area contributed by atoms with Gasteiger partial charge in [0.15, 0.2) is 26.8 Å². The van der Waals surface area contributed by atoms with Gasteiger partial charge in [0.1, 0.15) is 0 Å². The van der Waals surface area contributed by atoms with Crippen LogP contribution < -0.4 is 10.6 Å². The van der Waals surface area contributed by atoms with Crippen molar-refractivity contribution in [3.05, 3.63) is 36.0 Å². The second kappa shape index (κ2) is 11.4. The third-order valence-corrected chi connectivity index (χ3v) is 9.53. The molecule has 1 atom stereocenters. The number of ether oxygens (including phenoxy) is 1. The van der Waals surface area contributed by atoms with E-state index in [1.54, 1.807) is 18.3 Å². The maximum Gasteiger partial charge on any atom is 0.404 e. The van der Waals surface area contributed by atoms with E-state index in [1.165, 1.54) is 35.2 Å². The summed E-state index contributed by atoms with van der Waals surface area (Å²) in [5, 5.41) is 17.7. The average Bonchev–Trinajstić information content (AvgIpc) is 3.41. The van der Waals surface area contributed by atoms with Crippen molar-refractivity contribution in [1.29, 1.82) is 0 Å². The summed E-state index contributed by atoms with van der Waals surface area (Å²) in [5.41, 5.74) is 0.393. The van der Waals surface area contributed by atoms with Gasteiger partial charge in [-0.05, 0) is 25.0 Å². The predicted molar refractivity (Wildman–Crippen MR) is 131 cm³/mol. The SMILES string of the molecule is O=C(O)NCCSc1cnc(NC(=O)/C(=N/O[C@@H]2CCOC2)c2ccc(S(=O)(=O)C3CC3)cc2)s1. The fourth-order valence-corrected chi connectivity index (χ4v) is 6.63. The summed E-state index contributed by atoms with van der Waals surface area (Å²) in [5.74, 6) is -0.0395. The third kappa shape index (κ3) is 6.93. The molecular weight excluding hydrogens is 516 g/mol. The lowest BCUT2D eigenvalue weighted by Crippen LogP contribution is -2.25. The van der Waals surface area contributed by atoms with E-state index >= 15 is 0 Å². The van der Waals surface area contributed by atoms with E-state index in [9.17, 15) is 18.0 Å². The molecule has 11 nitrogen and oxygen atoms in total. The number of sulfone groups is 1. The predicted octanol–water partition coefficient (Wildman–Crippen LogP) is 2.59. The second-order valence-electron chi connectivity index (χ2n) is 7.82. The standard InChI is InChI=1S/C21H24N4O7S3/c26-19(24-20-23-11-17(34-20)33-10-8-22-21(27)28)18(25-32-14-7-9-31-12-14)13-1-3-15(4-2-13)35(29,30)16-5-6-16/h1-4,11,14,16,22H,5-10,12H2,(H,27,28)(H,23,24,26)/b25-18+/t14-/m1/s1. The number of hydrogen-bond acceptors (Lipinski definition) is 10. The number of thioether (sulfide) groups is 1. The van der Waals surface area contributed by atoms with Crippen molar-refractivity contribution in [2.75, 3.05) is 30.8 Å². The first-order valence-electron chi connectivity index (χ1n) is 10.9. The normalized spacial score (nSPS) is 18.3. The number of nitrogens with one attached hydrogen (secondary N) is 2. The maximum absolute atomic E-state index is 13.1. The molecule has 0 unspecified atom stereocenters. The Morgan fingerprint density at radius 3 is 2.69 bits per heavy atom. The number of carbonyl (C=O) groups excluding carboxylic acids is 1. The van der Waals surface area contributed by atoms with Gasteiger partial charge >= 0.3 is 6.09 Å². The molecule has 2 amide bonds. The molecule has 3 N–H and O–H groups in total. The highest BCUT2D eigenvalue weighted by Crippen LogP contribution is 2.33. The van der Waals surface area contributed by atoms with Crippen molar-refractivity contribution >= 4 is 55.8 Å². The number of rotatable bonds is 11. The number of hydrogen-bond donors (Lipinski definition) is 3. The van der Waals surface area contributed by atoms with Gasteiger partial charge in [-0.3, -0.25) is 10.1 Å². The van der Waals surface area contributed by atoms with E-state index in [0.29, 0.717) is 48.9 Å². The number of benzene rings is 1. The summed E-state index contributed by atoms with van der Waals surface area (Å²) < 4.78 is 31.1. The van der Waals surface area contributed by atoms with E-state index in [4.69, 9.17) is 14.7 Å². The Hall–Kier alpha value is -2.68. The van der Waals surface area contributed by atoms with Gasteiger partial charge in [-0.2, -0.15) is 0 Å². The molecule has 188 valence electrons. The zero-order chi connectivity index (χ0) is 24.8. The number of amides is 2. The highest BCUT2D eigenvalue weighted by atomic mass is 32.2. The summed E-state index contributed by atoms with van der Waals surface area (Å²) in [6, 6.07) is 6.04. The van der Waals surface area contributed by atoms with Gasteiger partial charge in [-0.25, -0.2) is 18.2 Å². The van der Waals surface area contributed by atoms with Crippen molar-refractivity contribution in [2.45, 2.75) is 39.7 Å². The molecule has 1 saturated carbocycles. The highest BCUT2D eigenvalue weighted by Gasteiger charge is 2.36. The number of thiazole rings is 1. The van der Waals surface area contributed by atoms with Crippen molar-refractivity contribution in [1.82, 2.24) is 10.3 Å². The molecule has 14 heteroatoms. The first-order valence-corrected chi connectivity index (χ1v) is 14.2. The molecule has 0 radical (unpaired) electrons. The minimum Gasteiger partial charge on any atom is -0.465 e. The summed E-state index contributed by atoms with van der Waals surface area (Å²) in [6.45, 7) is 1.21. The van der Waals surface area contributed by atoms with Crippen LogP contribution in [0.25, 0.3) is 0 Å². The Morgan fingerprint density at radius 1 is 1.26 bits per heavy atom.